The van der Waals surface area contributed by atoms with E-state index in [4.69, 9.17) is 15.6 Å². The number of hydrogen-bond donors (Lipinski definition) is 3. The largest absolute Gasteiger partial charge is 0.480 e. The fraction of sp³-hybridized carbons (Fsp3) is 0.818. The predicted molar refractivity (Wildman–Crippen MR) is 118 cm³/mol. The van der Waals surface area contributed by atoms with Crippen molar-refractivity contribution in [1.29, 1.82) is 0 Å². The Bertz CT molecular complexity index is 684. The van der Waals surface area contributed by atoms with Gasteiger partial charge in [-0.1, -0.05) is 0 Å². The van der Waals surface area contributed by atoms with Gasteiger partial charge in [0.1, 0.15) is 11.6 Å². The number of carboxylic acid groups (broad SMARTS) is 1. The molecule has 2 aliphatic heterocycles. The van der Waals surface area contributed by atoms with Crippen molar-refractivity contribution in [1.82, 2.24) is 15.1 Å². The summed E-state index contributed by atoms with van der Waals surface area (Å²) >= 11 is 0. The zero-order valence-corrected chi connectivity index (χ0v) is 19.5. The smallest absolute Gasteiger partial charge is 0.410 e. The molecule has 0 aromatic heterocycles. The normalized spacial score (nSPS) is 21.1. The van der Waals surface area contributed by atoms with Gasteiger partial charge in [0.25, 0.3) is 0 Å². The van der Waals surface area contributed by atoms with Crippen molar-refractivity contribution in [2.24, 2.45) is 17.6 Å². The summed E-state index contributed by atoms with van der Waals surface area (Å²) in [6.45, 7) is 7.69. The molecule has 2 aliphatic rings. The molecular weight excluding hydrogens is 416 g/mol. The number of nitrogens with two attached hydrogens (primary N) is 1. The standard InChI is InChI=1S/C22H38N4O6/c1-22(2,3)32-21(31)25-11-8-15(9-12-25)6-7-18(27)26-10-4-5-16(14-26)19(28)24-13-17(23)20(29)30/h15-17H,4-14,23H2,1-3H3,(H,24,28)(H,29,30)/t16-,17?/m1/s1. The van der Waals surface area contributed by atoms with Crippen LogP contribution in [0.1, 0.15) is 59.3 Å². The molecule has 0 spiro atoms. The SMILES string of the molecule is CC(C)(C)OC(=O)N1CCC(CCC(=O)N2CCC[C@@H](C(=O)NCC(N)C(=O)O)C2)CC1. The Balaban J connectivity index is 1.71. The number of carboxylic acids is 1. The van der Waals surface area contributed by atoms with Crippen LogP contribution in [-0.2, 0) is 19.1 Å². The molecule has 0 aromatic carbocycles. The van der Waals surface area contributed by atoms with Crippen LogP contribution in [0, 0.1) is 11.8 Å². The van der Waals surface area contributed by atoms with Crippen LogP contribution in [0.4, 0.5) is 4.79 Å². The molecule has 10 heteroatoms. The van der Waals surface area contributed by atoms with Gasteiger partial charge in [-0.15, -0.1) is 0 Å². The number of likely N-dealkylation sites (tertiary alicyclic amines) is 2. The van der Waals surface area contributed by atoms with E-state index in [0.717, 1.165) is 25.7 Å². The summed E-state index contributed by atoms with van der Waals surface area (Å²) in [5.74, 6) is -1.33. The summed E-state index contributed by atoms with van der Waals surface area (Å²) in [6.07, 6.45) is 4.01. The number of hydrogen-bond acceptors (Lipinski definition) is 6. The number of nitrogens with zero attached hydrogens (tertiary/aromatic N) is 2. The molecule has 0 aliphatic carbocycles. The molecule has 3 amide bonds. The molecule has 2 fully saturated rings. The van der Waals surface area contributed by atoms with E-state index in [0.29, 0.717) is 44.9 Å². The minimum atomic E-state index is -1.16. The molecule has 1 unspecified atom stereocenters. The summed E-state index contributed by atoms with van der Waals surface area (Å²) in [6, 6.07) is -1.14. The fourth-order valence-corrected chi connectivity index (χ4v) is 4.08. The average Bonchev–Trinajstić information content (AvgIpc) is 2.74. The Morgan fingerprint density at radius 1 is 1.09 bits per heavy atom. The molecule has 10 nitrogen and oxygen atoms in total. The van der Waals surface area contributed by atoms with Crippen LogP contribution in [0.2, 0.25) is 0 Å². The first-order valence-corrected chi connectivity index (χ1v) is 11.5. The van der Waals surface area contributed by atoms with Crippen LogP contribution in [0.3, 0.4) is 0 Å². The maximum Gasteiger partial charge on any atom is 0.410 e. The average molecular weight is 455 g/mol. The number of carbonyl (C=O) groups is 4. The van der Waals surface area contributed by atoms with Crippen molar-refractivity contribution in [3.8, 4) is 0 Å². The van der Waals surface area contributed by atoms with E-state index in [1.54, 1.807) is 9.80 Å². The van der Waals surface area contributed by atoms with Gasteiger partial charge in [0.05, 0.1) is 5.92 Å². The minimum Gasteiger partial charge on any atom is -0.480 e. The quantitative estimate of drug-likeness (QED) is 0.524. The number of aliphatic carboxylic acids is 1. The molecule has 0 aromatic rings. The number of nitrogens with one attached hydrogen (secondary N) is 1. The van der Waals surface area contributed by atoms with Gasteiger partial charge in [0, 0.05) is 39.1 Å². The Morgan fingerprint density at radius 2 is 1.75 bits per heavy atom. The first-order valence-electron chi connectivity index (χ1n) is 11.5. The monoisotopic (exact) mass is 454 g/mol. The second kappa shape index (κ2) is 11.5. The second-order valence-corrected chi connectivity index (χ2v) is 9.82. The molecule has 2 heterocycles. The maximum atomic E-state index is 12.7. The van der Waals surface area contributed by atoms with E-state index < -0.39 is 17.6 Å². The second-order valence-electron chi connectivity index (χ2n) is 9.82. The van der Waals surface area contributed by atoms with E-state index in [2.05, 4.69) is 5.32 Å². The van der Waals surface area contributed by atoms with Gasteiger partial charge in [-0.3, -0.25) is 14.4 Å². The molecule has 0 bridgehead atoms. The van der Waals surface area contributed by atoms with Crippen LogP contribution in [-0.4, -0.2) is 83.1 Å². The van der Waals surface area contributed by atoms with Gasteiger partial charge >= 0.3 is 12.1 Å². The first-order chi connectivity index (χ1) is 15.0. The van der Waals surface area contributed by atoms with Gasteiger partial charge in [0.2, 0.25) is 11.8 Å². The van der Waals surface area contributed by atoms with Crippen LogP contribution < -0.4 is 11.1 Å². The lowest BCUT2D eigenvalue weighted by Gasteiger charge is -2.34. The van der Waals surface area contributed by atoms with E-state index in [1.165, 1.54) is 0 Å². The van der Waals surface area contributed by atoms with Crippen molar-refractivity contribution in [3.05, 3.63) is 0 Å². The molecular formula is C22H38N4O6. The van der Waals surface area contributed by atoms with E-state index in [-0.39, 0.29) is 30.4 Å². The lowest BCUT2D eigenvalue weighted by Crippen LogP contribution is -2.48. The van der Waals surface area contributed by atoms with E-state index >= 15 is 0 Å². The van der Waals surface area contributed by atoms with Gasteiger partial charge < -0.3 is 30.7 Å². The number of rotatable bonds is 7. The molecule has 0 radical (unpaired) electrons. The summed E-state index contributed by atoms with van der Waals surface area (Å²) in [5, 5.41) is 11.4. The van der Waals surface area contributed by atoms with E-state index in [9.17, 15) is 19.2 Å². The summed E-state index contributed by atoms with van der Waals surface area (Å²) < 4.78 is 5.42. The van der Waals surface area contributed by atoms with Crippen molar-refractivity contribution in [2.75, 3.05) is 32.7 Å². The topological polar surface area (TPSA) is 142 Å². The predicted octanol–water partition coefficient (Wildman–Crippen LogP) is 1.18. The number of carbonyl (C=O) groups excluding carboxylic acids is 3. The van der Waals surface area contributed by atoms with E-state index in [1.807, 2.05) is 20.8 Å². The van der Waals surface area contributed by atoms with Crippen molar-refractivity contribution in [2.45, 2.75) is 70.9 Å². The van der Waals surface area contributed by atoms with Gasteiger partial charge in [0.15, 0.2) is 0 Å². The molecule has 32 heavy (non-hydrogen) atoms. The molecule has 2 atom stereocenters. The molecule has 2 saturated heterocycles. The highest BCUT2D eigenvalue weighted by Crippen LogP contribution is 2.25. The van der Waals surface area contributed by atoms with Crippen LogP contribution >= 0.6 is 0 Å². The Hall–Kier alpha value is -2.36. The summed E-state index contributed by atoms with van der Waals surface area (Å²) in [4.78, 5) is 51.5. The van der Waals surface area contributed by atoms with Gasteiger partial charge in [-0.2, -0.15) is 0 Å². The highest BCUT2D eigenvalue weighted by atomic mass is 16.6. The number of piperidine rings is 2. The molecule has 182 valence electrons. The zero-order chi connectivity index (χ0) is 23.9. The van der Waals surface area contributed by atoms with Gasteiger partial charge in [-0.25, -0.2) is 4.79 Å². The number of amides is 3. The van der Waals surface area contributed by atoms with Crippen LogP contribution in [0.25, 0.3) is 0 Å². The lowest BCUT2D eigenvalue weighted by atomic mass is 9.91. The number of ether oxygens (including phenoxy) is 1. The zero-order valence-electron chi connectivity index (χ0n) is 19.5. The van der Waals surface area contributed by atoms with Crippen molar-refractivity contribution in [3.63, 3.8) is 0 Å². The Labute approximate surface area is 189 Å². The highest BCUT2D eigenvalue weighted by Gasteiger charge is 2.30. The Morgan fingerprint density at radius 3 is 2.34 bits per heavy atom. The minimum absolute atomic E-state index is 0.0410. The third-order valence-electron chi connectivity index (χ3n) is 5.99. The molecule has 4 N–H and O–H groups in total. The van der Waals surface area contributed by atoms with Gasteiger partial charge in [-0.05, 0) is 58.8 Å². The summed E-state index contributed by atoms with van der Waals surface area (Å²) in [7, 11) is 0. The first kappa shape index (κ1) is 25.9. The van der Waals surface area contributed by atoms with Crippen LogP contribution in [0.5, 0.6) is 0 Å². The fourth-order valence-electron chi connectivity index (χ4n) is 4.08. The van der Waals surface area contributed by atoms with Crippen molar-refractivity contribution >= 4 is 23.9 Å². The Kier molecular flexibility index (Phi) is 9.30. The molecule has 0 saturated carbocycles. The van der Waals surface area contributed by atoms with Crippen LogP contribution in [0.15, 0.2) is 0 Å². The summed E-state index contributed by atoms with van der Waals surface area (Å²) in [5.41, 5.74) is 4.92. The highest BCUT2D eigenvalue weighted by molar-refractivity contribution is 5.82. The third-order valence-corrected chi connectivity index (χ3v) is 5.99. The third kappa shape index (κ3) is 8.29. The molecule has 2 rings (SSSR count). The van der Waals surface area contributed by atoms with Crippen molar-refractivity contribution < 1.29 is 29.0 Å². The lowest BCUT2D eigenvalue weighted by molar-refractivity contribution is -0.138. The maximum absolute atomic E-state index is 12.7.